The van der Waals surface area contributed by atoms with Gasteiger partial charge < -0.3 is 23.7 Å². The van der Waals surface area contributed by atoms with Crippen LogP contribution in [0, 0.1) is 0 Å². The van der Waals surface area contributed by atoms with Crippen molar-refractivity contribution < 1.29 is 42.9 Å². The highest BCUT2D eigenvalue weighted by Crippen LogP contribution is 2.34. The Kier molecular flexibility index (Phi) is 14.9. The van der Waals surface area contributed by atoms with Gasteiger partial charge in [-0.1, -0.05) is 51.9 Å². The van der Waals surface area contributed by atoms with Crippen LogP contribution >= 0.6 is 11.8 Å². The van der Waals surface area contributed by atoms with Crippen LogP contribution in [0.25, 0.3) is 0 Å². The Morgan fingerprint density at radius 3 is 1.71 bits per heavy atom. The van der Waals surface area contributed by atoms with E-state index in [4.69, 9.17) is 23.7 Å². The molecule has 10 heteroatoms. The molecule has 1 saturated heterocycles. The van der Waals surface area contributed by atoms with Gasteiger partial charge in [0.1, 0.15) is 18.1 Å². The fourth-order valence-electron chi connectivity index (χ4n) is 3.76. The van der Waals surface area contributed by atoms with Gasteiger partial charge in [-0.05, 0) is 12.2 Å². The Bertz CT molecular complexity index is 654. The summed E-state index contributed by atoms with van der Waals surface area (Å²) in [4.78, 5) is 46.8. The topological polar surface area (TPSA) is 114 Å². The largest absolute Gasteiger partial charge is 0.463 e. The smallest absolute Gasteiger partial charge is 0.303 e. The van der Waals surface area contributed by atoms with E-state index in [2.05, 4.69) is 6.92 Å². The Labute approximate surface area is 206 Å². The number of carbonyl (C=O) groups excluding carboxylic acids is 4. The van der Waals surface area contributed by atoms with Crippen LogP contribution in [0.4, 0.5) is 0 Å². The molecule has 0 unspecified atom stereocenters. The van der Waals surface area contributed by atoms with E-state index in [-0.39, 0.29) is 6.61 Å². The summed E-state index contributed by atoms with van der Waals surface area (Å²) in [6.07, 6.45) is 5.34. The summed E-state index contributed by atoms with van der Waals surface area (Å²) in [6.45, 7) is 6.92. The number of ether oxygens (including phenoxy) is 5. The number of esters is 4. The molecule has 0 saturated carbocycles. The van der Waals surface area contributed by atoms with Gasteiger partial charge in [0, 0.05) is 27.7 Å². The lowest BCUT2D eigenvalue weighted by Gasteiger charge is -2.44. The van der Waals surface area contributed by atoms with E-state index in [9.17, 15) is 19.2 Å². The normalized spacial score (nSPS) is 24.2. The lowest BCUT2D eigenvalue weighted by atomic mass is 9.99. The maximum atomic E-state index is 11.8. The molecule has 1 heterocycles. The molecule has 0 aromatic carbocycles. The van der Waals surface area contributed by atoms with E-state index in [1.807, 2.05) is 0 Å². The number of hydrogen-bond acceptors (Lipinski definition) is 10. The predicted molar refractivity (Wildman–Crippen MR) is 127 cm³/mol. The van der Waals surface area contributed by atoms with Crippen molar-refractivity contribution in [1.29, 1.82) is 0 Å². The maximum Gasteiger partial charge on any atom is 0.303 e. The first-order valence-electron chi connectivity index (χ1n) is 12.1. The van der Waals surface area contributed by atoms with Gasteiger partial charge in [-0.2, -0.15) is 0 Å². The third-order valence-electron chi connectivity index (χ3n) is 5.23. The van der Waals surface area contributed by atoms with Crippen molar-refractivity contribution in [2.75, 3.05) is 12.4 Å². The zero-order chi connectivity index (χ0) is 25.5. The van der Waals surface area contributed by atoms with Crippen LogP contribution in [-0.4, -0.2) is 66.1 Å². The summed E-state index contributed by atoms with van der Waals surface area (Å²) >= 11 is 1.44. The number of carbonyl (C=O) groups is 4. The highest BCUT2D eigenvalue weighted by molar-refractivity contribution is 7.99. The van der Waals surface area contributed by atoms with E-state index in [0.29, 0.717) is 0 Å². The van der Waals surface area contributed by atoms with Crippen LogP contribution in [-0.2, 0) is 42.9 Å². The second-order valence-corrected chi connectivity index (χ2v) is 9.62. The van der Waals surface area contributed by atoms with Crippen molar-refractivity contribution in [2.45, 2.75) is 116 Å². The van der Waals surface area contributed by atoms with Crippen molar-refractivity contribution in [1.82, 2.24) is 0 Å². The third kappa shape index (κ3) is 12.1. The molecule has 196 valence electrons. The molecule has 1 rings (SSSR count). The van der Waals surface area contributed by atoms with Gasteiger partial charge in [0.05, 0.1) is 0 Å². The molecule has 0 spiro atoms. The molecule has 0 aliphatic carbocycles. The molecular formula is C24H40O9S. The van der Waals surface area contributed by atoms with Crippen molar-refractivity contribution >= 4 is 35.6 Å². The van der Waals surface area contributed by atoms with E-state index in [1.165, 1.54) is 71.6 Å². The second kappa shape index (κ2) is 16.8. The Morgan fingerprint density at radius 1 is 0.676 bits per heavy atom. The first-order chi connectivity index (χ1) is 16.1. The van der Waals surface area contributed by atoms with E-state index >= 15 is 0 Å². The van der Waals surface area contributed by atoms with Crippen LogP contribution in [0.1, 0.15) is 86.0 Å². The fourth-order valence-corrected chi connectivity index (χ4v) is 4.98. The molecular weight excluding hydrogens is 464 g/mol. The first-order valence-corrected chi connectivity index (χ1v) is 13.1. The minimum absolute atomic E-state index is 0.202. The van der Waals surface area contributed by atoms with Gasteiger partial charge in [-0.25, -0.2) is 0 Å². The summed E-state index contributed by atoms with van der Waals surface area (Å²) in [7, 11) is 0. The summed E-state index contributed by atoms with van der Waals surface area (Å²) in [5, 5.41) is 0. The standard InChI is InChI=1S/C24H40O9S/c1-6-7-8-9-10-11-12-13-14-34-24-23(32-19(5)28)22(31-18(4)27)21(30-17(3)26)20(33-24)15-29-16(2)25/h20-24H,6-15H2,1-5H3/t20-,21-,22+,23+,24-/m1/s1. The predicted octanol–water partition coefficient (Wildman–Crippen LogP) is 3.94. The van der Waals surface area contributed by atoms with Gasteiger partial charge in [-0.3, -0.25) is 19.2 Å². The zero-order valence-corrected chi connectivity index (χ0v) is 21.9. The third-order valence-corrected chi connectivity index (χ3v) is 6.46. The average molecular weight is 505 g/mol. The molecule has 1 aliphatic rings. The van der Waals surface area contributed by atoms with E-state index in [0.717, 1.165) is 25.0 Å². The van der Waals surface area contributed by atoms with Crippen LogP contribution in [0.5, 0.6) is 0 Å². The van der Waals surface area contributed by atoms with Gasteiger partial charge in [0.2, 0.25) is 0 Å². The van der Waals surface area contributed by atoms with Crippen LogP contribution in [0.15, 0.2) is 0 Å². The number of thioether (sulfide) groups is 1. The van der Waals surface area contributed by atoms with Crippen molar-refractivity contribution in [3.05, 3.63) is 0 Å². The van der Waals surface area contributed by atoms with Crippen molar-refractivity contribution in [3.63, 3.8) is 0 Å². The van der Waals surface area contributed by atoms with Crippen LogP contribution < -0.4 is 0 Å². The second-order valence-electron chi connectivity index (χ2n) is 8.41. The average Bonchev–Trinajstić information content (AvgIpc) is 2.74. The first kappa shape index (κ1) is 30.2. The molecule has 9 nitrogen and oxygen atoms in total. The molecule has 0 N–H and O–H groups in total. The van der Waals surface area contributed by atoms with Gasteiger partial charge in [0.15, 0.2) is 18.3 Å². The fraction of sp³-hybridized carbons (Fsp3) is 0.833. The summed E-state index contributed by atoms with van der Waals surface area (Å²) in [5.74, 6) is -1.63. The molecule has 0 aromatic rings. The lowest BCUT2D eigenvalue weighted by molar-refractivity contribution is -0.237. The molecule has 0 radical (unpaired) electrons. The lowest BCUT2D eigenvalue weighted by Crippen LogP contribution is -2.61. The van der Waals surface area contributed by atoms with Gasteiger partial charge in [-0.15, -0.1) is 11.8 Å². The van der Waals surface area contributed by atoms with Gasteiger partial charge >= 0.3 is 23.9 Å². The molecule has 0 bridgehead atoms. The summed E-state index contributed by atoms with van der Waals surface area (Å²) in [6, 6.07) is 0. The molecule has 1 fully saturated rings. The minimum atomic E-state index is -1.11. The summed E-state index contributed by atoms with van der Waals surface area (Å²) in [5.41, 5.74) is -0.690. The number of unbranched alkanes of at least 4 members (excludes halogenated alkanes) is 7. The molecule has 1 aliphatic heterocycles. The molecule has 0 amide bonds. The van der Waals surface area contributed by atoms with Gasteiger partial charge in [0.25, 0.3) is 0 Å². The Morgan fingerprint density at radius 2 is 1.18 bits per heavy atom. The molecule has 34 heavy (non-hydrogen) atoms. The van der Waals surface area contributed by atoms with Crippen molar-refractivity contribution in [2.24, 2.45) is 0 Å². The van der Waals surface area contributed by atoms with Crippen LogP contribution in [0.3, 0.4) is 0 Å². The quantitative estimate of drug-likeness (QED) is 0.184. The molecule has 5 atom stereocenters. The minimum Gasteiger partial charge on any atom is -0.463 e. The van der Waals surface area contributed by atoms with Crippen molar-refractivity contribution in [3.8, 4) is 0 Å². The zero-order valence-electron chi connectivity index (χ0n) is 21.0. The SMILES string of the molecule is CCCCCCCCCCS[C@H]1O[C@H](COC(C)=O)[C@@H](OC(C)=O)[C@H](OC(C)=O)[C@@H]1OC(C)=O. The Hall–Kier alpha value is -1.81. The Balaban J connectivity index is 2.89. The monoisotopic (exact) mass is 504 g/mol. The van der Waals surface area contributed by atoms with E-state index < -0.39 is 53.7 Å². The molecule has 0 aromatic heterocycles. The van der Waals surface area contributed by atoms with E-state index in [1.54, 1.807) is 0 Å². The highest BCUT2D eigenvalue weighted by Gasteiger charge is 2.52. The highest BCUT2D eigenvalue weighted by atomic mass is 32.2. The summed E-state index contributed by atoms with van der Waals surface area (Å²) < 4.78 is 27.5. The number of hydrogen-bond donors (Lipinski definition) is 0. The number of rotatable bonds is 15. The van der Waals surface area contributed by atoms with Crippen LogP contribution in [0.2, 0.25) is 0 Å². The maximum absolute atomic E-state index is 11.8.